The van der Waals surface area contributed by atoms with E-state index in [2.05, 4.69) is 15.3 Å². The standard InChI is InChI=1S/C18H19N3O3/c1-10-5-12(6-11(2)17(10)22)21-18-13-7-15(23-3)16(24-4)8-14(13)19-9-20-18/h5-9,22H,1-4H3,(H,19,20,21). The Morgan fingerprint density at radius 2 is 1.54 bits per heavy atom. The van der Waals surface area contributed by atoms with Gasteiger partial charge in [0.05, 0.1) is 19.7 Å². The van der Waals surface area contributed by atoms with Crippen LogP contribution < -0.4 is 14.8 Å². The highest BCUT2D eigenvalue weighted by atomic mass is 16.5. The third-order valence-electron chi connectivity index (χ3n) is 3.89. The Morgan fingerprint density at radius 1 is 0.917 bits per heavy atom. The van der Waals surface area contributed by atoms with Crippen LogP contribution in [-0.4, -0.2) is 29.3 Å². The van der Waals surface area contributed by atoms with E-state index in [9.17, 15) is 5.11 Å². The highest BCUT2D eigenvalue weighted by Crippen LogP contribution is 2.35. The van der Waals surface area contributed by atoms with Crippen molar-refractivity contribution in [3.63, 3.8) is 0 Å². The number of fused-ring (bicyclic) bond motifs is 1. The molecule has 0 atom stereocenters. The average molecular weight is 325 g/mol. The topological polar surface area (TPSA) is 76.5 Å². The van der Waals surface area contributed by atoms with E-state index < -0.39 is 0 Å². The number of anilines is 2. The molecule has 0 fully saturated rings. The van der Waals surface area contributed by atoms with Crippen LogP contribution in [0.4, 0.5) is 11.5 Å². The van der Waals surface area contributed by atoms with Gasteiger partial charge in [0.1, 0.15) is 17.9 Å². The molecular weight excluding hydrogens is 306 g/mol. The van der Waals surface area contributed by atoms with Crippen LogP contribution in [0.15, 0.2) is 30.6 Å². The molecule has 0 bridgehead atoms. The van der Waals surface area contributed by atoms with Gasteiger partial charge in [-0.3, -0.25) is 0 Å². The van der Waals surface area contributed by atoms with Crippen molar-refractivity contribution >= 4 is 22.4 Å². The third kappa shape index (κ3) is 2.78. The van der Waals surface area contributed by atoms with E-state index in [4.69, 9.17) is 9.47 Å². The summed E-state index contributed by atoms with van der Waals surface area (Å²) < 4.78 is 10.7. The van der Waals surface area contributed by atoms with Gasteiger partial charge < -0.3 is 19.9 Å². The largest absolute Gasteiger partial charge is 0.507 e. The molecule has 0 saturated carbocycles. The lowest BCUT2D eigenvalue weighted by molar-refractivity contribution is 0.356. The van der Waals surface area contributed by atoms with E-state index in [-0.39, 0.29) is 0 Å². The summed E-state index contributed by atoms with van der Waals surface area (Å²) in [5.41, 5.74) is 3.19. The summed E-state index contributed by atoms with van der Waals surface area (Å²) >= 11 is 0. The highest BCUT2D eigenvalue weighted by Gasteiger charge is 2.12. The number of nitrogens with one attached hydrogen (secondary N) is 1. The first-order valence-corrected chi connectivity index (χ1v) is 7.47. The zero-order valence-electron chi connectivity index (χ0n) is 14.0. The lowest BCUT2D eigenvalue weighted by Gasteiger charge is -2.13. The molecule has 2 N–H and O–H groups in total. The SMILES string of the molecule is COc1cc2ncnc(Nc3cc(C)c(O)c(C)c3)c2cc1OC. The Kier molecular flexibility index (Phi) is 4.12. The molecule has 0 aliphatic carbocycles. The van der Waals surface area contributed by atoms with Gasteiger partial charge in [0.2, 0.25) is 0 Å². The number of rotatable bonds is 4. The number of aryl methyl sites for hydroxylation is 2. The number of methoxy groups -OCH3 is 2. The molecule has 0 amide bonds. The van der Waals surface area contributed by atoms with Gasteiger partial charge in [-0.05, 0) is 43.2 Å². The first-order chi connectivity index (χ1) is 11.5. The van der Waals surface area contributed by atoms with Gasteiger partial charge in [-0.15, -0.1) is 0 Å². The molecule has 6 nitrogen and oxygen atoms in total. The zero-order valence-corrected chi connectivity index (χ0v) is 14.0. The lowest BCUT2D eigenvalue weighted by Crippen LogP contribution is -1.98. The van der Waals surface area contributed by atoms with Crippen molar-refractivity contribution in [2.24, 2.45) is 0 Å². The van der Waals surface area contributed by atoms with Gasteiger partial charge >= 0.3 is 0 Å². The molecule has 0 unspecified atom stereocenters. The van der Waals surface area contributed by atoms with E-state index >= 15 is 0 Å². The van der Waals surface area contributed by atoms with E-state index in [1.54, 1.807) is 14.2 Å². The minimum atomic E-state index is 0.305. The average Bonchev–Trinajstić information content (AvgIpc) is 2.58. The molecule has 124 valence electrons. The first-order valence-electron chi connectivity index (χ1n) is 7.47. The Hall–Kier alpha value is -3.02. The molecule has 3 aromatic rings. The molecule has 1 heterocycles. The van der Waals surface area contributed by atoms with Gasteiger partial charge in [0, 0.05) is 17.1 Å². The van der Waals surface area contributed by atoms with Crippen LogP contribution in [0.2, 0.25) is 0 Å². The molecule has 0 saturated heterocycles. The van der Waals surface area contributed by atoms with Gasteiger partial charge in [0.15, 0.2) is 11.5 Å². The number of phenols is 1. The maximum absolute atomic E-state index is 9.91. The minimum Gasteiger partial charge on any atom is -0.507 e. The van der Waals surface area contributed by atoms with E-state index in [0.717, 1.165) is 27.7 Å². The fourth-order valence-corrected chi connectivity index (χ4v) is 2.65. The Balaban J connectivity index is 2.09. The Labute approximate surface area is 140 Å². The number of hydrogen-bond acceptors (Lipinski definition) is 6. The second-order valence-corrected chi connectivity index (χ2v) is 5.53. The minimum absolute atomic E-state index is 0.305. The Morgan fingerprint density at radius 3 is 2.17 bits per heavy atom. The molecule has 1 aromatic heterocycles. The monoisotopic (exact) mass is 325 g/mol. The van der Waals surface area contributed by atoms with Crippen molar-refractivity contribution in [1.29, 1.82) is 0 Å². The van der Waals surface area contributed by atoms with Crippen molar-refractivity contribution in [3.8, 4) is 17.2 Å². The molecule has 0 aliphatic heterocycles. The summed E-state index contributed by atoms with van der Waals surface area (Å²) in [5, 5.41) is 14.0. The lowest BCUT2D eigenvalue weighted by atomic mass is 10.1. The summed E-state index contributed by atoms with van der Waals surface area (Å²) in [5.74, 6) is 2.19. The maximum atomic E-state index is 9.91. The molecule has 0 spiro atoms. The van der Waals surface area contributed by atoms with Gasteiger partial charge in [-0.2, -0.15) is 0 Å². The molecule has 0 aliphatic rings. The van der Waals surface area contributed by atoms with E-state index in [1.807, 2.05) is 38.1 Å². The summed E-state index contributed by atoms with van der Waals surface area (Å²) in [6, 6.07) is 7.40. The molecule has 24 heavy (non-hydrogen) atoms. The van der Waals surface area contributed by atoms with Crippen molar-refractivity contribution in [1.82, 2.24) is 9.97 Å². The smallest absolute Gasteiger partial charge is 0.162 e. The first kappa shape index (κ1) is 15.9. The molecular formula is C18H19N3O3. The van der Waals surface area contributed by atoms with Crippen LogP contribution in [0.25, 0.3) is 10.9 Å². The Bertz CT molecular complexity index is 886. The number of aromatic hydroxyl groups is 1. The van der Waals surface area contributed by atoms with Gasteiger partial charge in [0.25, 0.3) is 0 Å². The number of nitrogens with zero attached hydrogens (tertiary/aromatic N) is 2. The fourth-order valence-electron chi connectivity index (χ4n) is 2.65. The second-order valence-electron chi connectivity index (χ2n) is 5.53. The number of benzene rings is 2. The summed E-state index contributed by atoms with van der Waals surface area (Å²) in [6.45, 7) is 3.72. The quantitative estimate of drug-likeness (QED) is 0.712. The summed E-state index contributed by atoms with van der Waals surface area (Å²) in [4.78, 5) is 8.62. The molecule has 0 radical (unpaired) electrons. The van der Waals surface area contributed by atoms with Crippen molar-refractivity contribution in [2.45, 2.75) is 13.8 Å². The van der Waals surface area contributed by atoms with Crippen LogP contribution in [0.3, 0.4) is 0 Å². The van der Waals surface area contributed by atoms with Crippen LogP contribution in [0, 0.1) is 13.8 Å². The molecule has 3 rings (SSSR count). The third-order valence-corrected chi connectivity index (χ3v) is 3.89. The van der Waals surface area contributed by atoms with Crippen molar-refractivity contribution in [3.05, 3.63) is 41.7 Å². The molecule has 2 aromatic carbocycles. The van der Waals surface area contributed by atoms with Gasteiger partial charge in [-0.25, -0.2) is 9.97 Å². The number of aromatic nitrogens is 2. The molecule has 6 heteroatoms. The van der Waals surface area contributed by atoms with Gasteiger partial charge in [-0.1, -0.05) is 0 Å². The predicted octanol–water partition coefficient (Wildman–Crippen LogP) is 3.71. The van der Waals surface area contributed by atoms with Crippen LogP contribution in [0.5, 0.6) is 17.2 Å². The highest BCUT2D eigenvalue weighted by molar-refractivity contribution is 5.93. The van der Waals surface area contributed by atoms with Crippen molar-refractivity contribution in [2.75, 3.05) is 19.5 Å². The second kappa shape index (κ2) is 6.23. The van der Waals surface area contributed by atoms with E-state index in [0.29, 0.717) is 23.1 Å². The number of phenolic OH excluding ortho intramolecular Hbond substituents is 1. The number of ether oxygens (including phenoxy) is 2. The normalized spacial score (nSPS) is 10.7. The fraction of sp³-hybridized carbons (Fsp3) is 0.222. The van der Waals surface area contributed by atoms with Crippen molar-refractivity contribution < 1.29 is 14.6 Å². The van der Waals surface area contributed by atoms with Crippen LogP contribution >= 0.6 is 0 Å². The maximum Gasteiger partial charge on any atom is 0.162 e. The number of hydrogen-bond donors (Lipinski definition) is 2. The zero-order chi connectivity index (χ0) is 17.3. The summed E-state index contributed by atoms with van der Waals surface area (Å²) in [7, 11) is 3.18. The predicted molar refractivity (Wildman–Crippen MR) is 93.5 cm³/mol. The van der Waals surface area contributed by atoms with Crippen LogP contribution in [0.1, 0.15) is 11.1 Å². The summed E-state index contributed by atoms with van der Waals surface area (Å²) in [6.07, 6.45) is 1.50. The van der Waals surface area contributed by atoms with Crippen LogP contribution in [-0.2, 0) is 0 Å². The van der Waals surface area contributed by atoms with E-state index in [1.165, 1.54) is 6.33 Å².